The average Bonchev–Trinajstić information content (AvgIpc) is 1.98. The van der Waals surface area contributed by atoms with Gasteiger partial charge in [-0.25, -0.2) is 0 Å². The number of rotatable bonds is 5. The van der Waals surface area contributed by atoms with Gasteiger partial charge >= 0.3 is 7.48 Å². The molecule has 0 spiro atoms. The van der Waals surface area contributed by atoms with Crippen molar-refractivity contribution in [2.45, 2.75) is 38.9 Å². The fraction of sp³-hybridized carbons (Fsp3) is 0.667. The van der Waals surface area contributed by atoms with E-state index in [4.69, 9.17) is 10.1 Å². The van der Waals surface area contributed by atoms with Crippen molar-refractivity contribution in [1.29, 1.82) is 5.41 Å². The molecule has 0 aliphatic heterocycles. The lowest BCUT2D eigenvalue weighted by Gasteiger charge is -2.37. The Morgan fingerprint density at radius 3 is 2.23 bits per heavy atom. The van der Waals surface area contributed by atoms with Gasteiger partial charge in [0.2, 0.25) is 0 Å². The van der Waals surface area contributed by atoms with E-state index in [-0.39, 0.29) is 0 Å². The molecule has 73 valence electrons. The molecule has 0 bridgehead atoms. The highest BCUT2D eigenvalue weighted by atomic mass is 16.5. The predicted molar refractivity (Wildman–Crippen MR) is 55.1 cm³/mol. The standard InChI is InChI=1S/C9H17BNO2/c1-7(6-11)10-13-9(4,5)8(2,3)12/h6,11-12H,1H2,2-5H3. The third-order valence-corrected chi connectivity index (χ3v) is 2.16. The van der Waals surface area contributed by atoms with Crippen LogP contribution in [-0.4, -0.2) is 30.0 Å². The predicted octanol–water partition coefficient (Wildman–Crippen LogP) is 1.33. The van der Waals surface area contributed by atoms with Crippen LogP contribution in [0.25, 0.3) is 0 Å². The number of aliphatic hydroxyl groups is 1. The van der Waals surface area contributed by atoms with Crippen LogP contribution in [-0.2, 0) is 4.65 Å². The van der Waals surface area contributed by atoms with Crippen LogP contribution in [0.1, 0.15) is 27.7 Å². The zero-order valence-electron chi connectivity index (χ0n) is 8.72. The highest BCUT2D eigenvalue weighted by Crippen LogP contribution is 2.24. The zero-order chi connectivity index (χ0) is 10.7. The minimum Gasteiger partial charge on any atom is -0.427 e. The first-order valence-electron chi connectivity index (χ1n) is 4.13. The lowest BCUT2D eigenvalue weighted by Crippen LogP contribution is -2.48. The molecule has 13 heavy (non-hydrogen) atoms. The summed E-state index contributed by atoms with van der Waals surface area (Å²) in [5, 5.41) is 16.6. The van der Waals surface area contributed by atoms with Crippen LogP contribution in [0.4, 0.5) is 0 Å². The summed E-state index contributed by atoms with van der Waals surface area (Å²) in [4.78, 5) is 0. The van der Waals surface area contributed by atoms with Crippen molar-refractivity contribution in [3.63, 3.8) is 0 Å². The first-order chi connectivity index (χ1) is 5.70. The molecule has 0 amide bonds. The summed E-state index contributed by atoms with van der Waals surface area (Å²) in [6.45, 7) is 10.5. The molecule has 0 unspecified atom stereocenters. The van der Waals surface area contributed by atoms with Crippen molar-refractivity contribution in [3.05, 3.63) is 12.1 Å². The Morgan fingerprint density at radius 1 is 1.46 bits per heavy atom. The van der Waals surface area contributed by atoms with Gasteiger partial charge in [0, 0.05) is 6.21 Å². The molecule has 0 aromatic carbocycles. The average molecular weight is 182 g/mol. The van der Waals surface area contributed by atoms with Gasteiger partial charge in [0.25, 0.3) is 0 Å². The maximum atomic E-state index is 9.70. The molecule has 0 aliphatic rings. The quantitative estimate of drug-likeness (QED) is 0.497. The van der Waals surface area contributed by atoms with Crippen LogP contribution in [0.15, 0.2) is 12.1 Å². The fourth-order valence-corrected chi connectivity index (χ4v) is 0.401. The van der Waals surface area contributed by atoms with Crippen molar-refractivity contribution in [2.24, 2.45) is 0 Å². The highest BCUT2D eigenvalue weighted by molar-refractivity contribution is 6.45. The van der Waals surface area contributed by atoms with Crippen LogP contribution in [0, 0.1) is 5.41 Å². The van der Waals surface area contributed by atoms with E-state index in [1.54, 1.807) is 27.7 Å². The van der Waals surface area contributed by atoms with Crippen molar-refractivity contribution >= 4 is 13.7 Å². The molecular formula is C9H17BNO2. The van der Waals surface area contributed by atoms with Crippen LogP contribution < -0.4 is 0 Å². The largest absolute Gasteiger partial charge is 0.427 e. The van der Waals surface area contributed by atoms with Crippen LogP contribution in [0.2, 0.25) is 0 Å². The second-order valence-electron chi connectivity index (χ2n) is 4.02. The summed E-state index contributed by atoms with van der Waals surface area (Å²) < 4.78 is 5.32. The van der Waals surface area contributed by atoms with E-state index in [1.165, 1.54) is 7.48 Å². The van der Waals surface area contributed by atoms with Gasteiger partial charge in [0.15, 0.2) is 0 Å². The fourth-order valence-electron chi connectivity index (χ4n) is 0.401. The van der Waals surface area contributed by atoms with E-state index < -0.39 is 11.2 Å². The molecule has 0 aromatic heterocycles. The smallest absolute Gasteiger partial charge is 0.331 e. The summed E-state index contributed by atoms with van der Waals surface area (Å²) in [5.41, 5.74) is -1.16. The van der Waals surface area contributed by atoms with Crippen LogP contribution in [0.5, 0.6) is 0 Å². The van der Waals surface area contributed by atoms with Crippen molar-refractivity contribution in [1.82, 2.24) is 0 Å². The highest BCUT2D eigenvalue weighted by Gasteiger charge is 2.35. The van der Waals surface area contributed by atoms with Crippen molar-refractivity contribution in [2.75, 3.05) is 0 Å². The third kappa shape index (κ3) is 3.74. The number of allylic oxidation sites excluding steroid dienone is 1. The van der Waals surface area contributed by atoms with Gasteiger partial charge < -0.3 is 15.2 Å². The van der Waals surface area contributed by atoms with Gasteiger partial charge in [-0.15, -0.1) is 6.58 Å². The lowest BCUT2D eigenvalue weighted by molar-refractivity contribution is -0.0895. The SMILES string of the molecule is C=C([B]OC(C)(C)C(C)(C)O)C=N. The number of hydrogen-bond acceptors (Lipinski definition) is 3. The molecule has 0 fully saturated rings. The topological polar surface area (TPSA) is 53.3 Å². The minimum absolute atomic E-state index is 0.470. The normalized spacial score (nSPS) is 12.4. The number of nitrogens with one attached hydrogen (secondary N) is 1. The summed E-state index contributed by atoms with van der Waals surface area (Å²) in [5.74, 6) is 0. The Bertz CT molecular complexity index is 206. The summed E-state index contributed by atoms with van der Waals surface area (Å²) in [7, 11) is 1.38. The Balaban J connectivity index is 4.19. The summed E-state index contributed by atoms with van der Waals surface area (Å²) >= 11 is 0. The van der Waals surface area contributed by atoms with Gasteiger partial charge in [-0.1, -0.05) is 0 Å². The summed E-state index contributed by atoms with van der Waals surface area (Å²) in [6, 6.07) is 0. The van der Waals surface area contributed by atoms with Gasteiger partial charge in [-0.05, 0) is 33.2 Å². The van der Waals surface area contributed by atoms with Gasteiger partial charge in [-0.2, -0.15) is 0 Å². The van der Waals surface area contributed by atoms with Crippen molar-refractivity contribution < 1.29 is 9.76 Å². The van der Waals surface area contributed by atoms with E-state index >= 15 is 0 Å². The maximum absolute atomic E-state index is 9.70. The molecule has 2 N–H and O–H groups in total. The van der Waals surface area contributed by atoms with E-state index in [0.29, 0.717) is 5.47 Å². The Kier molecular flexibility index (Phi) is 3.88. The maximum Gasteiger partial charge on any atom is 0.331 e. The molecule has 4 heteroatoms. The van der Waals surface area contributed by atoms with Gasteiger partial charge in [0.1, 0.15) is 0 Å². The van der Waals surface area contributed by atoms with E-state index in [0.717, 1.165) is 6.21 Å². The van der Waals surface area contributed by atoms with E-state index in [9.17, 15) is 5.11 Å². The van der Waals surface area contributed by atoms with Crippen molar-refractivity contribution in [3.8, 4) is 0 Å². The van der Waals surface area contributed by atoms with Crippen LogP contribution in [0.3, 0.4) is 0 Å². The Hall–Kier alpha value is -0.605. The molecule has 1 radical (unpaired) electrons. The molecule has 0 rings (SSSR count). The molecule has 0 atom stereocenters. The van der Waals surface area contributed by atoms with E-state index in [1.807, 2.05) is 0 Å². The third-order valence-electron chi connectivity index (χ3n) is 2.16. The first kappa shape index (κ1) is 12.4. The minimum atomic E-state index is -0.939. The Labute approximate surface area is 80.6 Å². The molecule has 0 saturated carbocycles. The molecule has 3 nitrogen and oxygen atoms in total. The van der Waals surface area contributed by atoms with Crippen LogP contribution >= 0.6 is 0 Å². The van der Waals surface area contributed by atoms with E-state index in [2.05, 4.69) is 6.58 Å². The lowest BCUT2D eigenvalue weighted by atomic mass is 9.83. The molecule has 0 aromatic rings. The number of hydrogen-bond donors (Lipinski definition) is 2. The zero-order valence-corrected chi connectivity index (χ0v) is 8.72. The molecule has 0 aliphatic carbocycles. The van der Waals surface area contributed by atoms with Gasteiger partial charge in [-0.3, -0.25) is 0 Å². The second kappa shape index (κ2) is 4.07. The Morgan fingerprint density at radius 2 is 1.92 bits per heavy atom. The summed E-state index contributed by atoms with van der Waals surface area (Å²) in [6.07, 6.45) is 1.10. The monoisotopic (exact) mass is 182 g/mol. The molecule has 0 heterocycles. The molecule has 0 saturated heterocycles. The first-order valence-corrected chi connectivity index (χ1v) is 4.13. The molecular weight excluding hydrogens is 165 g/mol. The van der Waals surface area contributed by atoms with Gasteiger partial charge in [0.05, 0.1) is 11.2 Å². The second-order valence-corrected chi connectivity index (χ2v) is 4.02.